The standard InChI is InChI=1S/C17H16FN3S/c1-12-7-3-6-10-16(12)21-13(2)19-20-17(21)22-11-14-8-4-5-9-15(14)18/h3-10H,11H2,1-2H3. The van der Waals surface area contributed by atoms with Crippen molar-refractivity contribution in [1.82, 2.24) is 14.8 Å². The molecule has 5 heteroatoms. The molecule has 3 aromatic rings. The van der Waals surface area contributed by atoms with Crippen molar-refractivity contribution in [3.63, 3.8) is 0 Å². The molecule has 0 aliphatic rings. The average molecular weight is 313 g/mol. The number of halogens is 1. The number of rotatable bonds is 4. The average Bonchev–Trinajstić information content (AvgIpc) is 2.88. The second-order valence-electron chi connectivity index (χ2n) is 5.03. The van der Waals surface area contributed by atoms with Gasteiger partial charge in [-0.1, -0.05) is 48.2 Å². The fraction of sp³-hybridized carbons (Fsp3) is 0.176. The second kappa shape index (κ2) is 6.32. The van der Waals surface area contributed by atoms with E-state index in [1.54, 1.807) is 12.1 Å². The summed E-state index contributed by atoms with van der Waals surface area (Å²) in [5.74, 6) is 1.16. The van der Waals surface area contributed by atoms with Crippen LogP contribution in [0, 0.1) is 19.7 Å². The van der Waals surface area contributed by atoms with Gasteiger partial charge < -0.3 is 0 Å². The minimum Gasteiger partial charge on any atom is -0.274 e. The first-order valence-corrected chi connectivity index (χ1v) is 7.99. The van der Waals surface area contributed by atoms with Gasteiger partial charge in [0, 0.05) is 5.75 Å². The summed E-state index contributed by atoms with van der Waals surface area (Å²) >= 11 is 1.49. The lowest BCUT2D eigenvalue weighted by Crippen LogP contribution is -2.01. The number of para-hydroxylation sites is 1. The summed E-state index contributed by atoms with van der Waals surface area (Å²) in [5, 5.41) is 9.17. The zero-order valence-electron chi connectivity index (χ0n) is 12.5. The fourth-order valence-electron chi connectivity index (χ4n) is 2.29. The van der Waals surface area contributed by atoms with Crippen LogP contribution < -0.4 is 0 Å². The molecule has 2 aromatic carbocycles. The summed E-state index contributed by atoms with van der Waals surface area (Å²) in [7, 11) is 0. The van der Waals surface area contributed by atoms with Crippen molar-refractivity contribution in [1.29, 1.82) is 0 Å². The molecule has 0 aliphatic carbocycles. The van der Waals surface area contributed by atoms with E-state index in [4.69, 9.17) is 0 Å². The number of hydrogen-bond acceptors (Lipinski definition) is 3. The minimum absolute atomic E-state index is 0.186. The maximum absolute atomic E-state index is 13.7. The van der Waals surface area contributed by atoms with Crippen LogP contribution in [0.2, 0.25) is 0 Å². The van der Waals surface area contributed by atoms with Crippen molar-refractivity contribution in [2.45, 2.75) is 24.8 Å². The molecule has 0 atom stereocenters. The normalized spacial score (nSPS) is 10.9. The molecule has 0 saturated heterocycles. The first-order valence-electron chi connectivity index (χ1n) is 7.01. The zero-order chi connectivity index (χ0) is 15.5. The molecule has 112 valence electrons. The van der Waals surface area contributed by atoms with Crippen molar-refractivity contribution < 1.29 is 4.39 Å². The van der Waals surface area contributed by atoms with Crippen LogP contribution in [0.5, 0.6) is 0 Å². The number of nitrogens with zero attached hydrogens (tertiary/aromatic N) is 3. The molecule has 1 aromatic heterocycles. The third-order valence-corrected chi connectivity index (χ3v) is 4.44. The van der Waals surface area contributed by atoms with Crippen LogP contribution in [0.15, 0.2) is 53.7 Å². The number of aryl methyl sites for hydroxylation is 2. The molecule has 0 saturated carbocycles. The third-order valence-electron chi connectivity index (χ3n) is 3.47. The van der Waals surface area contributed by atoms with Crippen molar-refractivity contribution >= 4 is 11.8 Å². The van der Waals surface area contributed by atoms with Crippen LogP contribution in [0.3, 0.4) is 0 Å². The van der Waals surface area contributed by atoms with Crippen LogP contribution in [-0.2, 0) is 5.75 Å². The smallest absolute Gasteiger partial charge is 0.196 e. The molecule has 0 spiro atoms. The van der Waals surface area contributed by atoms with Crippen molar-refractivity contribution in [3.8, 4) is 5.69 Å². The van der Waals surface area contributed by atoms with Gasteiger partial charge >= 0.3 is 0 Å². The van der Waals surface area contributed by atoms with Crippen LogP contribution in [0.4, 0.5) is 4.39 Å². The lowest BCUT2D eigenvalue weighted by molar-refractivity contribution is 0.617. The topological polar surface area (TPSA) is 30.7 Å². The Balaban J connectivity index is 1.90. The van der Waals surface area contributed by atoms with Crippen molar-refractivity contribution in [3.05, 3.63) is 71.3 Å². The molecule has 0 fully saturated rings. The summed E-state index contributed by atoms with van der Waals surface area (Å²) in [4.78, 5) is 0. The van der Waals surface area contributed by atoms with E-state index in [1.165, 1.54) is 17.8 Å². The minimum atomic E-state index is -0.186. The quantitative estimate of drug-likeness (QED) is 0.672. The van der Waals surface area contributed by atoms with E-state index >= 15 is 0 Å². The Morgan fingerprint density at radius 2 is 1.73 bits per heavy atom. The molecule has 0 bridgehead atoms. The molecule has 0 radical (unpaired) electrons. The van der Waals surface area contributed by atoms with Gasteiger partial charge in [-0.15, -0.1) is 10.2 Å². The summed E-state index contributed by atoms with van der Waals surface area (Å²) in [6.07, 6.45) is 0. The summed E-state index contributed by atoms with van der Waals surface area (Å²) in [6.45, 7) is 3.98. The molecule has 1 heterocycles. The maximum atomic E-state index is 13.7. The Kier molecular flexibility index (Phi) is 4.24. The van der Waals surface area contributed by atoms with E-state index in [0.717, 1.165) is 22.2 Å². The maximum Gasteiger partial charge on any atom is 0.196 e. The van der Waals surface area contributed by atoms with E-state index in [2.05, 4.69) is 23.2 Å². The van der Waals surface area contributed by atoms with Gasteiger partial charge in [0.2, 0.25) is 0 Å². The van der Waals surface area contributed by atoms with Gasteiger partial charge in [-0.2, -0.15) is 0 Å². The fourth-order valence-corrected chi connectivity index (χ4v) is 3.26. The first kappa shape index (κ1) is 14.8. The lowest BCUT2D eigenvalue weighted by Gasteiger charge is -2.11. The Morgan fingerprint density at radius 3 is 2.50 bits per heavy atom. The van der Waals surface area contributed by atoms with E-state index in [9.17, 15) is 4.39 Å². The molecule has 3 nitrogen and oxygen atoms in total. The predicted molar refractivity (Wildman–Crippen MR) is 86.8 cm³/mol. The summed E-state index contributed by atoms with van der Waals surface area (Å²) in [5.41, 5.74) is 2.88. The Labute approximate surface area is 133 Å². The number of thioether (sulfide) groups is 1. The van der Waals surface area contributed by atoms with Crippen LogP contribution in [0.25, 0.3) is 5.69 Å². The molecule has 0 unspecified atom stereocenters. The third kappa shape index (κ3) is 2.90. The van der Waals surface area contributed by atoms with E-state index in [1.807, 2.05) is 35.8 Å². The molecule has 3 rings (SSSR count). The molecule has 0 amide bonds. The van der Waals surface area contributed by atoms with Gasteiger partial charge in [-0.05, 0) is 37.1 Å². The van der Waals surface area contributed by atoms with Crippen LogP contribution in [-0.4, -0.2) is 14.8 Å². The first-order chi connectivity index (χ1) is 10.7. The van der Waals surface area contributed by atoms with Crippen molar-refractivity contribution in [2.75, 3.05) is 0 Å². The molecule has 22 heavy (non-hydrogen) atoms. The zero-order valence-corrected chi connectivity index (χ0v) is 13.3. The SMILES string of the molecule is Cc1ccccc1-n1c(C)nnc1SCc1ccccc1F. The predicted octanol–water partition coefficient (Wildman–Crippen LogP) is 4.32. The Hall–Kier alpha value is -2.14. The van der Waals surface area contributed by atoms with Gasteiger partial charge in [0.1, 0.15) is 11.6 Å². The summed E-state index contributed by atoms with van der Waals surface area (Å²) in [6, 6.07) is 14.9. The van der Waals surface area contributed by atoms with Crippen LogP contribution in [0.1, 0.15) is 17.0 Å². The van der Waals surface area contributed by atoms with Gasteiger partial charge in [0.15, 0.2) is 5.16 Å². The highest BCUT2D eigenvalue weighted by Gasteiger charge is 2.13. The largest absolute Gasteiger partial charge is 0.274 e. The Morgan fingerprint density at radius 1 is 1.00 bits per heavy atom. The number of benzene rings is 2. The number of hydrogen-bond donors (Lipinski definition) is 0. The van der Waals surface area contributed by atoms with Crippen LogP contribution >= 0.6 is 11.8 Å². The summed E-state index contributed by atoms with van der Waals surface area (Å²) < 4.78 is 15.7. The highest BCUT2D eigenvalue weighted by Crippen LogP contribution is 2.27. The van der Waals surface area contributed by atoms with Crippen molar-refractivity contribution in [2.24, 2.45) is 0 Å². The molecular formula is C17H16FN3S. The van der Waals surface area contributed by atoms with E-state index < -0.39 is 0 Å². The highest BCUT2D eigenvalue weighted by molar-refractivity contribution is 7.98. The second-order valence-corrected chi connectivity index (χ2v) is 5.97. The van der Waals surface area contributed by atoms with Gasteiger partial charge in [0.25, 0.3) is 0 Å². The van der Waals surface area contributed by atoms with Gasteiger partial charge in [-0.25, -0.2) is 4.39 Å². The monoisotopic (exact) mass is 313 g/mol. The molecule has 0 N–H and O–H groups in total. The Bertz CT molecular complexity index is 798. The van der Waals surface area contributed by atoms with E-state index in [-0.39, 0.29) is 5.82 Å². The van der Waals surface area contributed by atoms with Gasteiger partial charge in [-0.3, -0.25) is 4.57 Å². The molecule has 0 aliphatic heterocycles. The molecular weight excluding hydrogens is 297 g/mol. The lowest BCUT2D eigenvalue weighted by atomic mass is 10.2. The number of aromatic nitrogens is 3. The highest BCUT2D eigenvalue weighted by atomic mass is 32.2. The van der Waals surface area contributed by atoms with Gasteiger partial charge in [0.05, 0.1) is 5.69 Å². The van der Waals surface area contributed by atoms with E-state index in [0.29, 0.717) is 11.3 Å².